The van der Waals surface area contributed by atoms with Gasteiger partial charge in [0.2, 0.25) is 0 Å². The molecule has 0 spiro atoms. The van der Waals surface area contributed by atoms with Crippen molar-refractivity contribution in [1.29, 1.82) is 0 Å². The molecule has 1 heterocycles. The Kier molecular flexibility index (Phi) is 5.04. The van der Waals surface area contributed by atoms with Crippen molar-refractivity contribution < 1.29 is 14.3 Å². The number of hydrogen-bond acceptors (Lipinski definition) is 3. The van der Waals surface area contributed by atoms with Crippen LogP contribution in [-0.4, -0.2) is 11.0 Å². The molecule has 0 saturated carbocycles. The zero-order valence-corrected chi connectivity index (χ0v) is 17.3. The van der Waals surface area contributed by atoms with Crippen LogP contribution in [0.5, 0.6) is 0 Å². The van der Waals surface area contributed by atoms with Gasteiger partial charge < -0.3 is 14.8 Å². The average molecular weight is 489 g/mol. The Labute approximate surface area is 172 Å². The normalized spacial score (nSPS) is 11.2. The predicted octanol–water partition coefficient (Wildman–Crippen LogP) is 5.53. The third-order valence-corrected chi connectivity index (χ3v) is 6.12. The molecule has 0 radical (unpaired) electrons. The van der Waals surface area contributed by atoms with Crippen molar-refractivity contribution in [3.63, 3.8) is 0 Å². The minimum atomic E-state index is -0.285. The first-order chi connectivity index (χ1) is 13.1. The lowest BCUT2D eigenvalue weighted by molar-refractivity contribution is 0.0925. The number of rotatable bonds is 4. The Bertz CT molecular complexity index is 1160. The van der Waals surface area contributed by atoms with Crippen LogP contribution >= 0.6 is 31.9 Å². The molecule has 4 rings (SSSR count). The van der Waals surface area contributed by atoms with Gasteiger partial charge >= 0.3 is 0 Å². The van der Waals surface area contributed by atoms with E-state index in [1.807, 2.05) is 42.5 Å². The summed E-state index contributed by atoms with van der Waals surface area (Å²) in [6.07, 6.45) is 0. The molecule has 2 N–H and O–H groups in total. The lowest BCUT2D eigenvalue weighted by Crippen LogP contribution is -2.22. The zero-order valence-electron chi connectivity index (χ0n) is 14.1. The van der Waals surface area contributed by atoms with Crippen molar-refractivity contribution >= 4 is 59.5 Å². The highest BCUT2D eigenvalue weighted by atomic mass is 79.9. The van der Waals surface area contributed by atoms with Crippen molar-refractivity contribution in [1.82, 2.24) is 5.32 Å². The van der Waals surface area contributed by atoms with E-state index in [9.17, 15) is 9.90 Å². The molecule has 0 aliphatic carbocycles. The van der Waals surface area contributed by atoms with Gasteiger partial charge in [0.25, 0.3) is 5.91 Å². The first-order valence-corrected chi connectivity index (χ1v) is 9.93. The van der Waals surface area contributed by atoms with Gasteiger partial charge in [0.1, 0.15) is 5.58 Å². The SMILES string of the molecule is O=C(NCc1cccc2ccccc12)c1cc2c(Br)c(CO)c(Br)cc2o1. The lowest BCUT2D eigenvalue weighted by atomic mass is 10.0. The quantitative estimate of drug-likeness (QED) is 0.396. The second-order valence-electron chi connectivity index (χ2n) is 6.15. The Morgan fingerprint density at radius 1 is 1.04 bits per heavy atom. The Balaban J connectivity index is 1.60. The van der Waals surface area contributed by atoms with Gasteiger partial charge in [-0.15, -0.1) is 0 Å². The van der Waals surface area contributed by atoms with Crippen molar-refractivity contribution in [2.24, 2.45) is 0 Å². The molecule has 0 aliphatic rings. The summed E-state index contributed by atoms with van der Waals surface area (Å²) in [4.78, 5) is 12.6. The summed E-state index contributed by atoms with van der Waals surface area (Å²) in [6.45, 7) is 0.287. The maximum Gasteiger partial charge on any atom is 0.287 e. The first-order valence-electron chi connectivity index (χ1n) is 8.34. The van der Waals surface area contributed by atoms with Crippen molar-refractivity contribution in [2.75, 3.05) is 0 Å². The minimum absolute atomic E-state index is 0.120. The van der Waals surface area contributed by atoms with Crippen LogP contribution in [-0.2, 0) is 13.2 Å². The van der Waals surface area contributed by atoms with Crippen molar-refractivity contribution in [3.8, 4) is 0 Å². The first kappa shape index (κ1) is 18.2. The van der Waals surface area contributed by atoms with Gasteiger partial charge in [0.15, 0.2) is 5.76 Å². The van der Waals surface area contributed by atoms with Crippen LogP contribution in [0.2, 0.25) is 0 Å². The third kappa shape index (κ3) is 3.40. The van der Waals surface area contributed by atoms with Gasteiger partial charge in [-0.1, -0.05) is 58.4 Å². The number of benzene rings is 3. The maximum atomic E-state index is 12.6. The summed E-state index contributed by atoms with van der Waals surface area (Å²) >= 11 is 6.88. The molecule has 6 heteroatoms. The van der Waals surface area contributed by atoms with Crippen LogP contribution in [0, 0.1) is 0 Å². The van der Waals surface area contributed by atoms with E-state index in [1.165, 1.54) is 0 Å². The van der Waals surface area contributed by atoms with E-state index in [1.54, 1.807) is 12.1 Å². The lowest BCUT2D eigenvalue weighted by Gasteiger charge is -2.07. The average Bonchev–Trinajstić information content (AvgIpc) is 3.10. The number of amides is 1. The number of halogens is 2. The van der Waals surface area contributed by atoms with E-state index >= 15 is 0 Å². The largest absolute Gasteiger partial charge is 0.451 e. The van der Waals surface area contributed by atoms with Crippen LogP contribution in [0.15, 0.2) is 68.0 Å². The molecular formula is C21H15Br2NO3. The van der Waals surface area contributed by atoms with Crippen LogP contribution in [0.25, 0.3) is 21.7 Å². The molecule has 0 atom stereocenters. The molecule has 1 amide bonds. The standard InChI is InChI=1S/C21H15Br2NO3/c22-17-9-18-15(20(23)16(17)11-25)8-19(27-18)21(26)24-10-13-6-3-5-12-4-1-2-7-14(12)13/h1-9,25H,10-11H2,(H,24,26). The summed E-state index contributed by atoms with van der Waals surface area (Å²) < 4.78 is 7.15. The van der Waals surface area contributed by atoms with E-state index in [0.29, 0.717) is 22.2 Å². The van der Waals surface area contributed by atoms with E-state index in [0.717, 1.165) is 26.2 Å². The molecule has 0 fully saturated rings. The number of carbonyl (C=O) groups is 1. The second-order valence-corrected chi connectivity index (χ2v) is 7.80. The van der Waals surface area contributed by atoms with E-state index in [-0.39, 0.29) is 18.3 Å². The fourth-order valence-electron chi connectivity index (χ4n) is 3.12. The molecule has 27 heavy (non-hydrogen) atoms. The molecule has 136 valence electrons. The number of hydrogen-bond donors (Lipinski definition) is 2. The summed E-state index contributed by atoms with van der Waals surface area (Å²) in [5, 5.41) is 15.4. The van der Waals surface area contributed by atoms with Crippen molar-refractivity contribution in [2.45, 2.75) is 13.2 Å². The number of carbonyl (C=O) groups excluding carboxylic acids is 1. The van der Waals surface area contributed by atoms with E-state index in [2.05, 4.69) is 37.2 Å². The van der Waals surface area contributed by atoms with Crippen LogP contribution in [0.3, 0.4) is 0 Å². The molecule has 0 aliphatic heterocycles. The van der Waals surface area contributed by atoms with Crippen molar-refractivity contribution in [3.05, 3.63) is 80.4 Å². The van der Waals surface area contributed by atoms with Gasteiger partial charge in [-0.3, -0.25) is 4.79 Å². The maximum absolute atomic E-state index is 12.6. The smallest absolute Gasteiger partial charge is 0.287 e. The van der Waals surface area contributed by atoms with Gasteiger partial charge in [0.05, 0.1) is 6.61 Å². The third-order valence-electron chi connectivity index (χ3n) is 4.51. The number of furan rings is 1. The highest BCUT2D eigenvalue weighted by Crippen LogP contribution is 2.35. The van der Waals surface area contributed by atoms with Gasteiger partial charge in [-0.2, -0.15) is 0 Å². The van der Waals surface area contributed by atoms with Gasteiger partial charge in [0, 0.05) is 26.4 Å². The summed E-state index contributed by atoms with van der Waals surface area (Å²) in [5.41, 5.74) is 2.33. The Morgan fingerprint density at radius 2 is 1.81 bits per heavy atom. The summed E-state index contributed by atoms with van der Waals surface area (Å²) in [5.74, 6) is -0.0550. The molecule has 4 nitrogen and oxygen atoms in total. The Hall–Kier alpha value is -2.15. The summed E-state index contributed by atoms with van der Waals surface area (Å²) in [7, 11) is 0. The zero-order chi connectivity index (χ0) is 19.0. The number of aliphatic hydroxyl groups excluding tert-OH is 1. The number of nitrogens with one attached hydrogen (secondary N) is 1. The van der Waals surface area contributed by atoms with E-state index in [4.69, 9.17) is 4.42 Å². The van der Waals surface area contributed by atoms with Crippen LogP contribution < -0.4 is 5.32 Å². The van der Waals surface area contributed by atoms with Gasteiger partial charge in [-0.05, 0) is 44.4 Å². The molecule has 0 bridgehead atoms. The monoisotopic (exact) mass is 487 g/mol. The fraction of sp³-hybridized carbons (Fsp3) is 0.0952. The number of fused-ring (bicyclic) bond motifs is 2. The highest BCUT2D eigenvalue weighted by Gasteiger charge is 2.17. The minimum Gasteiger partial charge on any atom is -0.451 e. The molecule has 4 aromatic rings. The van der Waals surface area contributed by atoms with Gasteiger partial charge in [-0.25, -0.2) is 0 Å². The van der Waals surface area contributed by atoms with Crippen LogP contribution in [0.4, 0.5) is 0 Å². The topological polar surface area (TPSA) is 62.5 Å². The Morgan fingerprint density at radius 3 is 2.63 bits per heavy atom. The highest BCUT2D eigenvalue weighted by molar-refractivity contribution is 9.11. The van der Waals surface area contributed by atoms with E-state index < -0.39 is 0 Å². The molecule has 0 saturated heterocycles. The molecule has 0 unspecified atom stereocenters. The van der Waals surface area contributed by atoms with Crippen LogP contribution in [0.1, 0.15) is 21.7 Å². The predicted molar refractivity (Wildman–Crippen MR) is 113 cm³/mol. The summed E-state index contributed by atoms with van der Waals surface area (Å²) in [6, 6.07) is 17.6. The fourth-order valence-corrected chi connectivity index (χ4v) is 4.57. The molecular weight excluding hydrogens is 474 g/mol. The number of aliphatic hydroxyl groups is 1. The second kappa shape index (κ2) is 7.46. The molecule has 3 aromatic carbocycles. The molecule has 1 aromatic heterocycles.